The summed E-state index contributed by atoms with van der Waals surface area (Å²) >= 11 is 0. The molecular formula is C62H116N4. The van der Waals surface area contributed by atoms with Gasteiger partial charge < -0.3 is 15.5 Å². The van der Waals surface area contributed by atoms with Crippen LogP contribution in [0.4, 0.5) is 0 Å². The number of nitrogens with zero attached hydrogens (tertiary/aromatic N) is 2. The number of hydrogen-bond acceptors (Lipinski definition) is 4. The molecule has 1 saturated heterocycles. The summed E-state index contributed by atoms with van der Waals surface area (Å²) in [6.07, 6.45) is 77.7. The van der Waals surface area contributed by atoms with Crippen LogP contribution in [0, 0.1) is 0 Å². The van der Waals surface area contributed by atoms with Gasteiger partial charge in [-0.25, -0.2) is 0 Å². The van der Waals surface area contributed by atoms with Crippen LogP contribution < -0.4 is 10.6 Å². The van der Waals surface area contributed by atoms with Crippen molar-refractivity contribution in [2.24, 2.45) is 0 Å². The molecule has 1 fully saturated rings. The van der Waals surface area contributed by atoms with Gasteiger partial charge in [0.2, 0.25) is 0 Å². The van der Waals surface area contributed by atoms with Crippen molar-refractivity contribution in [3.8, 4) is 0 Å². The molecule has 0 spiro atoms. The molecule has 0 aromatic carbocycles. The SMILES string of the molecule is CCCCC/C=C\C/C=C\CCCCCCCCNC(CCCCCCCC/C=C\C/C=C\CCCCC)CN(CCCCCCCC/C=C\C/C=C\CCCCC)CCN1CCNCC1. The summed E-state index contributed by atoms with van der Waals surface area (Å²) in [7, 11) is 0. The molecule has 1 aliphatic rings. The van der Waals surface area contributed by atoms with Gasteiger partial charge in [-0.05, 0) is 129 Å². The zero-order chi connectivity index (χ0) is 47.2. The van der Waals surface area contributed by atoms with E-state index >= 15 is 0 Å². The van der Waals surface area contributed by atoms with Crippen molar-refractivity contribution in [1.29, 1.82) is 0 Å². The van der Waals surface area contributed by atoms with Gasteiger partial charge in [0.1, 0.15) is 0 Å². The first-order valence-electron chi connectivity index (χ1n) is 29.6. The van der Waals surface area contributed by atoms with Crippen molar-refractivity contribution in [3.63, 3.8) is 0 Å². The summed E-state index contributed by atoms with van der Waals surface area (Å²) in [5.41, 5.74) is 0. The first kappa shape index (κ1) is 62.3. The van der Waals surface area contributed by atoms with Crippen LogP contribution in [-0.2, 0) is 0 Å². The molecule has 0 radical (unpaired) electrons. The average Bonchev–Trinajstić information content (AvgIpc) is 3.33. The summed E-state index contributed by atoms with van der Waals surface area (Å²) in [6.45, 7) is 17.7. The third-order valence-corrected chi connectivity index (χ3v) is 13.7. The van der Waals surface area contributed by atoms with Crippen LogP contribution in [0.5, 0.6) is 0 Å². The molecule has 2 N–H and O–H groups in total. The van der Waals surface area contributed by atoms with Crippen LogP contribution in [0.25, 0.3) is 0 Å². The first-order valence-corrected chi connectivity index (χ1v) is 29.6. The number of unbranched alkanes of at least 4 members (excludes halogenated alkanes) is 27. The molecule has 1 rings (SSSR count). The molecule has 4 nitrogen and oxygen atoms in total. The number of piperazine rings is 1. The van der Waals surface area contributed by atoms with Gasteiger partial charge in [-0.15, -0.1) is 0 Å². The first-order chi connectivity index (χ1) is 32.8. The summed E-state index contributed by atoms with van der Waals surface area (Å²) in [5.74, 6) is 0. The lowest BCUT2D eigenvalue weighted by Gasteiger charge is -2.32. The zero-order valence-electron chi connectivity index (χ0n) is 44.9. The molecule has 1 unspecified atom stereocenters. The highest BCUT2D eigenvalue weighted by atomic mass is 15.2. The van der Waals surface area contributed by atoms with E-state index in [4.69, 9.17) is 0 Å². The Morgan fingerprint density at radius 2 is 0.773 bits per heavy atom. The van der Waals surface area contributed by atoms with Crippen molar-refractivity contribution in [1.82, 2.24) is 20.4 Å². The second kappa shape index (κ2) is 54.2. The molecule has 0 aromatic heterocycles. The lowest BCUT2D eigenvalue weighted by Crippen LogP contribution is -2.48. The van der Waals surface area contributed by atoms with Crippen molar-refractivity contribution >= 4 is 0 Å². The Bertz CT molecular complexity index is 1110. The lowest BCUT2D eigenvalue weighted by atomic mass is 10.0. The minimum atomic E-state index is 0.626. The molecule has 0 aliphatic carbocycles. The maximum atomic E-state index is 4.14. The minimum absolute atomic E-state index is 0.626. The summed E-state index contributed by atoms with van der Waals surface area (Å²) in [6, 6.07) is 0.626. The van der Waals surface area contributed by atoms with Crippen LogP contribution in [0.15, 0.2) is 72.9 Å². The third kappa shape index (κ3) is 47.4. The molecule has 66 heavy (non-hydrogen) atoms. The number of nitrogens with one attached hydrogen (secondary N) is 2. The van der Waals surface area contributed by atoms with E-state index in [1.54, 1.807) is 0 Å². The van der Waals surface area contributed by atoms with Gasteiger partial charge in [-0.3, -0.25) is 4.90 Å². The van der Waals surface area contributed by atoms with E-state index in [1.807, 2.05) is 0 Å². The molecule has 0 saturated carbocycles. The summed E-state index contributed by atoms with van der Waals surface area (Å²) in [5, 5.41) is 7.71. The van der Waals surface area contributed by atoms with E-state index in [9.17, 15) is 0 Å². The van der Waals surface area contributed by atoms with Crippen molar-refractivity contribution < 1.29 is 0 Å². The Morgan fingerprint density at radius 1 is 0.409 bits per heavy atom. The van der Waals surface area contributed by atoms with Gasteiger partial charge >= 0.3 is 0 Å². The highest BCUT2D eigenvalue weighted by Gasteiger charge is 2.16. The summed E-state index contributed by atoms with van der Waals surface area (Å²) < 4.78 is 0. The van der Waals surface area contributed by atoms with E-state index in [0.717, 1.165) is 32.4 Å². The highest BCUT2D eigenvalue weighted by Crippen LogP contribution is 2.15. The van der Waals surface area contributed by atoms with E-state index in [-0.39, 0.29) is 0 Å². The maximum absolute atomic E-state index is 4.14. The Hall–Kier alpha value is -1.72. The quantitative estimate of drug-likeness (QED) is 0.0470. The van der Waals surface area contributed by atoms with Gasteiger partial charge in [-0.2, -0.15) is 0 Å². The Kier molecular flexibility index (Phi) is 51.2. The molecule has 384 valence electrons. The molecule has 1 aliphatic heterocycles. The predicted octanol–water partition coefficient (Wildman–Crippen LogP) is 18.0. The van der Waals surface area contributed by atoms with Gasteiger partial charge in [0, 0.05) is 51.9 Å². The fourth-order valence-corrected chi connectivity index (χ4v) is 9.20. The third-order valence-electron chi connectivity index (χ3n) is 13.7. The smallest absolute Gasteiger partial charge is 0.0195 e. The van der Waals surface area contributed by atoms with Crippen molar-refractivity contribution in [3.05, 3.63) is 72.9 Å². The molecule has 1 atom stereocenters. The molecule has 0 aromatic rings. The fourth-order valence-electron chi connectivity index (χ4n) is 9.20. The minimum Gasteiger partial charge on any atom is -0.314 e. The van der Waals surface area contributed by atoms with E-state index in [0.29, 0.717) is 6.04 Å². The van der Waals surface area contributed by atoms with Gasteiger partial charge in [0.25, 0.3) is 0 Å². The van der Waals surface area contributed by atoms with Crippen LogP contribution in [0.2, 0.25) is 0 Å². The topological polar surface area (TPSA) is 30.5 Å². The fraction of sp³-hybridized carbons (Fsp3) is 0.806. The molecule has 4 heteroatoms. The van der Waals surface area contributed by atoms with Gasteiger partial charge in [0.15, 0.2) is 0 Å². The normalized spacial score (nSPS) is 14.7. The van der Waals surface area contributed by atoms with Gasteiger partial charge in [-0.1, -0.05) is 216 Å². The van der Waals surface area contributed by atoms with Crippen LogP contribution in [-0.4, -0.2) is 74.7 Å². The van der Waals surface area contributed by atoms with Crippen LogP contribution in [0.1, 0.15) is 258 Å². The lowest BCUT2D eigenvalue weighted by molar-refractivity contribution is 0.173. The number of hydrogen-bond donors (Lipinski definition) is 2. The molecule has 1 heterocycles. The average molecular weight is 918 g/mol. The Morgan fingerprint density at radius 3 is 1.20 bits per heavy atom. The number of rotatable bonds is 51. The van der Waals surface area contributed by atoms with Crippen molar-refractivity contribution in [2.45, 2.75) is 264 Å². The highest BCUT2D eigenvalue weighted by molar-refractivity contribution is 4.94. The second-order valence-corrected chi connectivity index (χ2v) is 20.1. The van der Waals surface area contributed by atoms with E-state index < -0.39 is 0 Å². The van der Waals surface area contributed by atoms with E-state index in [1.165, 1.54) is 264 Å². The molecule has 0 amide bonds. The van der Waals surface area contributed by atoms with Crippen LogP contribution >= 0.6 is 0 Å². The van der Waals surface area contributed by atoms with Gasteiger partial charge in [0.05, 0.1) is 0 Å². The molecule has 0 bridgehead atoms. The van der Waals surface area contributed by atoms with Crippen LogP contribution in [0.3, 0.4) is 0 Å². The van der Waals surface area contributed by atoms with E-state index in [2.05, 4.69) is 114 Å². The Labute approximate surface area is 414 Å². The van der Waals surface area contributed by atoms with Crippen molar-refractivity contribution in [2.75, 3.05) is 58.9 Å². The standard InChI is InChI=1S/C62H116N4/c1-4-7-10-13-16-19-22-25-28-31-34-37-40-43-46-49-52-62(64-53-50-47-44-41-38-35-32-29-26-23-20-17-14-11-8-5-2)61-66(60-59-65-57-54-63-55-58-65)56-51-48-45-42-39-36-33-30-27-24-21-18-15-12-9-6-3/h16-21,25-30,62-64H,4-15,22-24,31-61H2,1-3H3/b19-16-,20-17-,21-18-,28-25-,29-26-,30-27-. The monoisotopic (exact) mass is 917 g/mol. The Balaban J connectivity index is 2.50. The number of allylic oxidation sites excluding steroid dienone is 12. The second-order valence-electron chi connectivity index (χ2n) is 20.1. The maximum Gasteiger partial charge on any atom is 0.0195 e. The molecular weight excluding hydrogens is 801 g/mol. The zero-order valence-corrected chi connectivity index (χ0v) is 44.9. The predicted molar refractivity (Wildman–Crippen MR) is 300 cm³/mol. The largest absolute Gasteiger partial charge is 0.314 e. The summed E-state index contributed by atoms with van der Waals surface area (Å²) in [4.78, 5) is 5.58.